The smallest absolute Gasteiger partial charge is 0.222 e. The van der Waals surface area contributed by atoms with Crippen LogP contribution in [0.1, 0.15) is 250 Å². The van der Waals surface area contributed by atoms with Crippen LogP contribution in [0.4, 0.5) is 0 Å². The number of carbonyl (C=O) groups is 3. The number of unbranched alkanes of at least 4 members (excludes halogenated alkanes) is 18. The zero-order chi connectivity index (χ0) is 40.8. The molecule has 0 heterocycles. The predicted molar refractivity (Wildman–Crippen MR) is 237 cm³/mol. The first kappa shape index (κ1) is 58.1. The van der Waals surface area contributed by atoms with E-state index in [1.54, 1.807) is 6.92 Å². The molecule has 0 aromatic heterocycles. The van der Waals surface area contributed by atoms with Crippen LogP contribution in [-0.2, 0) is 14.4 Å². The lowest BCUT2D eigenvalue weighted by molar-refractivity contribution is -0.133. The van der Waals surface area contributed by atoms with Gasteiger partial charge in [-0.1, -0.05) is 191 Å². The van der Waals surface area contributed by atoms with Crippen LogP contribution in [0, 0.1) is 0 Å². The lowest BCUT2D eigenvalue weighted by Crippen LogP contribution is -2.36. The number of rotatable bonds is 34. The van der Waals surface area contributed by atoms with Gasteiger partial charge in [0.15, 0.2) is 0 Å². The van der Waals surface area contributed by atoms with Crippen LogP contribution in [0.3, 0.4) is 0 Å². The Kier molecular flexibility index (Phi) is 55.3. The Balaban J connectivity index is -0.00000120. The molecule has 6 nitrogen and oxygen atoms in total. The van der Waals surface area contributed by atoms with E-state index in [0.717, 1.165) is 51.9 Å². The number of carbonyl (C=O) groups excluding carboxylic acids is 3. The second-order valence-electron chi connectivity index (χ2n) is 14.5. The molecule has 0 unspecified atom stereocenters. The molecule has 53 heavy (non-hydrogen) atoms. The van der Waals surface area contributed by atoms with E-state index < -0.39 is 0 Å². The third kappa shape index (κ3) is 43.0. The molecule has 0 aliphatic heterocycles. The maximum atomic E-state index is 13.2. The van der Waals surface area contributed by atoms with Gasteiger partial charge in [-0.2, -0.15) is 0 Å². The van der Waals surface area contributed by atoms with E-state index in [4.69, 9.17) is 0 Å². The zero-order valence-electron chi connectivity index (χ0n) is 38.4. The number of hydrogen-bond donors (Lipinski definition) is 0. The fraction of sp³-hybridized carbons (Fsp3) is 0.936. The van der Waals surface area contributed by atoms with Crippen molar-refractivity contribution >= 4 is 17.7 Å². The first-order chi connectivity index (χ1) is 25.8. The van der Waals surface area contributed by atoms with E-state index in [9.17, 15) is 14.4 Å². The summed E-state index contributed by atoms with van der Waals surface area (Å²) in [6, 6.07) is 0. The molecule has 0 aliphatic rings. The highest BCUT2D eigenvalue weighted by Gasteiger charge is 2.17. The maximum Gasteiger partial charge on any atom is 0.222 e. The highest BCUT2D eigenvalue weighted by molar-refractivity contribution is 5.77. The molecule has 6 heteroatoms. The van der Waals surface area contributed by atoms with Gasteiger partial charge in [0, 0.05) is 59.0 Å². The second-order valence-corrected chi connectivity index (χ2v) is 14.5. The molecular weight excluding hydrogens is 655 g/mol. The molecule has 0 aromatic rings. The molecule has 0 saturated carbocycles. The lowest BCUT2D eigenvalue weighted by Gasteiger charge is -2.25. The highest BCUT2D eigenvalue weighted by Crippen LogP contribution is 2.12. The zero-order valence-corrected chi connectivity index (χ0v) is 38.4. The summed E-state index contributed by atoms with van der Waals surface area (Å²) in [5.74, 6) is 0.517. The number of amides is 3. The van der Waals surface area contributed by atoms with Gasteiger partial charge in [-0.25, -0.2) is 0 Å². The summed E-state index contributed by atoms with van der Waals surface area (Å²) < 4.78 is 0. The van der Waals surface area contributed by atoms with Gasteiger partial charge in [-0.05, 0) is 38.5 Å². The van der Waals surface area contributed by atoms with Crippen molar-refractivity contribution in [1.29, 1.82) is 0 Å². The Morgan fingerprint density at radius 1 is 0.302 bits per heavy atom. The first-order valence-corrected chi connectivity index (χ1v) is 23.6. The van der Waals surface area contributed by atoms with Crippen LogP contribution < -0.4 is 0 Å². The standard InChI is InChI=1S/C38H75N3O3.C5H12.2C2H6/c1-6-10-14-18-22-30-40(31-23-19-15-11-7-2)37(43)28-26-34-39(36(5)42)35-27-29-38(44)41(32-24-20-16-12-8-3)33-25-21-17-13-9-4;1-3-5-4-2;2*1-2/h6-35H2,1-5H3;3-5H2,1-2H3;2*1-2H3. The van der Waals surface area contributed by atoms with Gasteiger partial charge in [0.2, 0.25) is 17.7 Å². The molecule has 0 atom stereocenters. The first-order valence-electron chi connectivity index (χ1n) is 23.6. The Morgan fingerprint density at radius 2 is 0.528 bits per heavy atom. The van der Waals surface area contributed by atoms with Crippen molar-refractivity contribution in [3.05, 3.63) is 0 Å². The van der Waals surface area contributed by atoms with Crippen molar-refractivity contribution < 1.29 is 14.4 Å². The quantitative estimate of drug-likeness (QED) is 0.0615. The molecule has 0 bridgehead atoms. The van der Waals surface area contributed by atoms with Crippen LogP contribution in [0.15, 0.2) is 0 Å². The average molecular weight is 754 g/mol. The summed E-state index contributed by atoms with van der Waals surface area (Å²) in [7, 11) is 0. The minimum absolute atomic E-state index is 0.0392. The Bertz CT molecular complexity index is 650. The molecule has 0 spiro atoms. The Labute approximate surface area is 334 Å². The van der Waals surface area contributed by atoms with E-state index in [-0.39, 0.29) is 17.7 Å². The average Bonchev–Trinajstić information content (AvgIpc) is 3.17. The predicted octanol–water partition coefficient (Wildman–Crippen LogP) is 14.2. The summed E-state index contributed by atoms with van der Waals surface area (Å²) in [6.07, 6.45) is 30.6. The van der Waals surface area contributed by atoms with E-state index in [1.807, 2.05) is 32.6 Å². The van der Waals surface area contributed by atoms with Crippen LogP contribution >= 0.6 is 0 Å². The van der Waals surface area contributed by atoms with E-state index >= 15 is 0 Å². The van der Waals surface area contributed by atoms with Crippen LogP contribution in [-0.4, -0.2) is 71.7 Å². The number of nitrogens with zero attached hydrogens (tertiary/aromatic N) is 3. The van der Waals surface area contributed by atoms with Gasteiger partial charge in [-0.15, -0.1) is 0 Å². The molecular formula is C47H99N3O3. The van der Waals surface area contributed by atoms with Crippen molar-refractivity contribution in [2.45, 2.75) is 250 Å². The maximum absolute atomic E-state index is 13.2. The summed E-state index contributed by atoms with van der Waals surface area (Å²) >= 11 is 0. The van der Waals surface area contributed by atoms with Gasteiger partial charge in [0.05, 0.1) is 0 Å². The van der Waals surface area contributed by atoms with Crippen LogP contribution in [0.5, 0.6) is 0 Å². The Morgan fingerprint density at radius 3 is 0.736 bits per heavy atom. The third-order valence-electron chi connectivity index (χ3n) is 9.62. The summed E-state index contributed by atoms with van der Waals surface area (Å²) in [6.45, 7) is 27.6. The normalized spacial score (nSPS) is 10.2. The van der Waals surface area contributed by atoms with Gasteiger partial charge in [0.25, 0.3) is 0 Å². The van der Waals surface area contributed by atoms with E-state index in [2.05, 4.69) is 51.3 Å². The van der Waals surface area contributed by atoms with Crippen LogP contribution in [0.25, 0.3) is 0 Å². The van der Waals surface area contributed by atoms with Crippen molar-refractivity contribution in [1.82, 2.24) is 14.7 Å². The monoisotopic (exact) mass is 754 g/mol. The minimum Gasteiger partial charge on any atom is -0.343 e. The summed E-state index contributed by atoms with van der Waals surface area (Å²) in [5.41, 5.74) is 0. The third-order valence-corrected chi connectivity index (χ3v) is 9.62. The summed E-state index contributed by atoms with van der Waals surface area (Å²) in [5, 5.41) is 0. The van der Waals surface area contributed by atoms with Gasteiger partial charge >= 0.3 is 0 Å². The second kappa shape index (κ2) is 50.4. The molecule has 0 aromatic carbocycles. The highest BCUT2D eigenvalue weighted by atomic mass is 16.2. The molecule has 0 aliphatic carbocycles. The van der Waals surface area contributed by atoms with Gasteiger partial charge in [-0.3, -0.25) is 14.4 Å². The fourth-order valence-electron chi connectivity index (χ4n) is 6.29. The SMILES string of the molecule is CC.CC.CCCCC.CCCCCCCN(CCCCCCC)C(=O)CCCN(CCCC(=O)N(CCCCCCC)CCCCCCC)C(C)=O. The van der Waals surface area contributed by atoms with Gasteiger partial charge < -0.3 is 14.7 Å². The summed E-state index contributed by atoms with van der Waals surface area (Å²) in [4.78, 5) is 44.8. The molecule has 0 saturated heterocycles. The molecule has 0 N–H and O–H groups in total. The molecule has 0 fully saturated rings. The van der Waals surface area contributed by atoms with Crippen molar-refractivity contribution in [3.8, 4) is 0 Å². The van der Waals surface area contributed by atoms with Crippen molar-refractivity contribution in [2.24, 2.45) is 0 Å². The number of hydrogen-bond acceptors (Lipinski definition) is 3. The minimum atomic E-state index is 0.0392. The molecule has 0 radical (unpaired) electrons. The van der Waals surface area contributed by atoms with E-state index in [0.29, 0.717) is 38.8 Å². The van der Waals surface area contributed by atoms with E-state index in [1.165, 1.54) is 122 Å². The lowest BCUT2D eigenvalue weighted by atomic mass is 10.1. The molecule has 320 valence electrons. The van der Waals surface area contributed by atoms with Gasteiger partial charge in [0.1, 0.15) is 0 Å². The van der Waals surface area contributed by atoms with Crippen LogP contribution in [0.2, 0.25) is 0 Å². The molecule has 0 rings (SSSR count). The Hall–Kier alpha value is -1.59. The van der Waals surface area contributed by atoms with Crippen molar-refractivity contribution in [3.63, 3.8) is 0 Å². The largest absolute Gasteiger partial charge is 0.343 e. The topological polar surface area (TPSA) is 60.9 Å². The fourth-order valence-corrected chi connectivity index (χ4v) is 6.29. The molecule has 3 amide bonds. The van der Waals surface area contributed by atoms with Crippen molar-refractivity contribution in [2.75, 3.05) is 39.3 Å².